The number of nitrogens with zero attached hydrogens (tertiary/aromatic N) is 4. The van der Waals surface area contributed by atoms with Gasteiger partial charge in [0.1, 0.15) is 11.0 Å². The standard InChI is InChI=1S/C40H24N4/c1-3-11-25(12-4-1)33-24-37-40-38-30(17-9-18-32(33)38)28-15-7-8-16-29(28)31-19-10-20-36(39(31)40)43(37)27-21-22-34-35(23-27)42-44(41-34)26-13-5-2-6-14-26/h1-24H. The first kappa shape index (κ1) is 23.6. The van der Waals surface area contributed by atoms with Gasteiger partial charge in [-0.3, -0.25) is 0 Å². The summed E-state index contributed by atoms with van der Waals surface area (Å²) in [6, 6.07) is 52.0. The maximum Gasteiger partial charge on any atom is 0.115 e. The van der Waals surface area contributed by atoms with Crippen LogP contribution in [0.5, 0.6) is 0 Å². The van der Waals surface area contributed by atoms with E-state index in [-0.39, 0.29) is 0 Å². The monoisotopic (exact) mass is 560 g/mol. The molecule has 0 unspecified atom stereocenters. The Morgan fingerprint density at radius 2 is 1.05 bits per heavy atom. The molecular formula is C40H24N4. The molecule has 0 aliphatic heterocycles. The molecule has 7 aromatic carbocycles. The predicted octanol–water partition coefficient (Wildman–Crippen LogP) is 9.99. The zero-order valence-electron chi connectivity index (χ0n) is 23.6. The van der Waals surface area contributed by atoms with Crippen LogP contribution in [0.15, 0.2) is 146 Å². The summed E-state index contributed by atoms with van der Waals surface area (Å²) < 4.78 is 2.42. The highest BCUT2D eigenvalue weighted by Crippen LogP contribution is 2.51. The fourth-order valence-corrected chi connectivity index (χ4v) is 7.26. The Labute approximate surface area is 253 Å². The quantitative estimate of drug-likeness (QED) is 0.216. The van der Waals surface area contributed by atoms with E-state index in [9.17, 15) is 0 Å². The van der Waals surface area contributed by atoms with Gasteiger partial charge in [-0.2, -0.15) is 4.80 Å². The molecule has 0 spiro atoms. The molecule has 0 saturated carbocycles. The average molecular weight is 561 g/mol. The maximum absolute atomic E-state index is 4.89. The van der Waals surface area contributed by atoms with Crippen LogP contribution in [-0.4, -0.2) is 19.6 Å². The minimum Gasteiger partial charge on any atom is -0.309 e. The highest BCUT2D eigenvalue weighted by molar-refractivity contribution is 6.32. The maximum atomic E-state index is 4.89. The average Bonchev–Trinajstić information content (AvgIpc) is 3.64. The number of rotatable bonds is 3. The predicted molar refractivity (Wildman–Crippen MR) is 181 cm³/mol. The molecule has 4 heteroatoms. The second kappa shape index (κ2) is 8.76. The van der Waals surface area contributed by atoms with Gasteiger partial charge < -0.3 is 4.57 Å². The summed E-state index contributed by atoms with van der Waals surface area (Å²) in [5.41, 5.74) is 13.6. The summed E-state index contributed by atoms with van der Waals surface area (Å²) in [4.78, 5) is 1.72. The molecule has 1 aliphatic carbocycles. The number of para-hydroxylation sites is 1. The second-order valence-corrected chi connectivity index (χ2v) is 11.5. The van der Waals surface area contributed by atoms with Crippen LogP contribution in [0, 0.1) is 0 Å². The summed E-state index contributed by atoms with van der Waals surface area (Å²) in [6.45, 7) is 0. The fraction of sp³-hybridized carbons (Fsp3) is 0. The summed E-state index contributed by atoms with van der Waals surface area (Å²) in [6.07, 6.45) is 0. The summed E-state index contributed by atoms with van der Waals surface area (Å²) in [7, 11) is 0. The van der Waals surface area contributed by atoms with Crippen molar-refractivity contribution in [2.45, 2.75) is 0 Å². The van der Waals surface area contributed by atoms with Gasteiger partial charge in [0.25, 0.3) is 0 Å². The van der Waals surface area contributed by atoms with Crippen LogP contribution >= 0.6 is 0 Å². The van der Waals surface area contributed by atoms with E-state index in [0.29, 0.717) is 0 Å². The molecule has 10 rings (SSSR count). The lowest BCUT2D eigenvalue weighted by Crippen LogP contribution is -1.97. The molecule has 2 aromatic heterocycles. The highest BCUT2D eigenvalue weighted by Gasteiger charge is 2.26. The molecule has 4 nitrogen and oxygen atoms in total. The van der Waals surface area contributed by atoms with Crippen LogP contribution in [0.1, 0.15) is 0 Å². The van der Waals surface area contributed by atoms with Crippen molar-refractivity contribution in [3.63, 3.8) is 0 Å². The Balaban J connectivity index is 1.37. The number of benzene rings is 7. The van der Waals surface area contributed by atoms with Crippen LogP contribution in [0.3, 0.4) is 0 Å². The van der Waals surface area contributed by atoms with E-state index in [1.807, 2.05) is 30.3 Å². The number of fused-ring (bicyclic) bond motifs is 4. The largest absolute Gasteiger partial charge is 0.309 e. The second-order valence-electron chi connectivity index (χ2n) is 11.5. The van der Waals surface area contributed by atoms with E-state index in [1.165, 1.54) is 66.0 Å². The molecule has 1 aliphatic rings. The topological polar surface area (TPSA) is 35.6 Å². The van der Waals surface area contributed by atoms with Gasteiger partial charge in [-0.1, -0.05) is 103 Å². The van der Waals surface area contributed by atoms with E-state index in [0.717, 1.165) is 22.4 Å². The molecule has 0 bridgehead atoms. The molecule has 2 heterocycles. The highest BCUT2D eigenvalue weighted by atomic mass is 15.5. The number of aromatic nitrogens is 4. The molecular weight excluding hydrogens is 536 g/mol. The molecule has 0 N–H and O–H groups in total. The molecule has 9 aromatic rings. The molecule has 0 fully saturated rings. The van der Waals surface area contributed by atoms with Crippen LogP contribution in [0.25, 0.3) is 88.4 Å². The minimum absolute atomic E-state index is 0.861. The smallest absolute Gasteiger partial charge is 0.115 e. The first-order chi connectivity index (χ1) is 21.8. The third-order valence-electron chi connectivity index (χ3n) is 9.12. The van der Waals surface area contributed by atoms with Crippen molar-refractivity contribution < 1.29 is 0 Å². The van der Waals surface area contributed by atoms with E-state index >= 15 is 0 Å². The van der Waals surface area contributed by atoms with Crippen molar-refractivity contribution in [1.82, 2.24) is 19.6 Å². The van der Waals surface area contributed by atoms with Crippen LogP contribution in [0.4, 0.5) is 0 Å². The zero-order chi connectivity index (χ0) is 28.8. The van der Waals surface area contributed by atoms with Crippen molar-refractivity contribution in [2.75, 3.05) is 0 Å². The van der Waals surface area contributed by atoms with Gasteiger partial charge in [-0.15, -0.1) is 10.2 Å². The van der Waals surface area contributed by atoms with Gasteiger partial charge in [0.2, 0.25) is 0 Å². The molecule has 0 amide bonds. The van der Waals surface area contributed by atoms with Gasteiger partial charge in [0.15, 0.2) is 0 Å². The number of hydrogen-bond donors (Lipinski definition) is 0. The Bertz CT molecular complexity index is 2590. The third kappa shape index (κ3) is 3.17. The summed E-state index contributed by atoms with van der Waals surface area (Å²) in [5.74, 6) is 0. The molecule has 0 radical (unpaired) electrons. The zero-order valence-corrected chi connectivity index (χ0v) is 23.6. The van der Waals surface area contributed by atoms with Crippen molar-refractivity contribution in [3.05, 3.63) is 146 Å². The van der Waals surface area contributed by atoms with Gasteiger partial charge in [0, 0.05) is 21.8 Å². The number of hydrogen-bond acceptors (Lipinski definition) is 2. The summed E-state index contributed by atoms with van der Waals surface area (Å²) in [5, 5.41) is 14.8. The first-order valence-corrected chi connectivity index (χ1v) is 14.9. The Morgan fingerprint density at radius 1 is 0.386 bits per heavy atom. The molecule has 0 atom stereocenters. The van der Waals surface area contributed by atoms with E-state index in [1.54, 1.807) is 4.80 Å². The van der Waals surface area contributed by atoms with Crippen LogP contribution < -0.4 is 0 Å². The first-order valence-electron chi connectivity index (χ1n) is 14.9. The van der Waals surface area contributed by atoms with Gasteiger partial charge in [0.05, 0.1) is 16.7 Å². The third-order valence-corrected chi connectivity index (χ3v) is 9.12. The summed E-state index contributed by atoms with van der Waals surface area (Å²) >= 11 is 0. The Morgan fingerprint density at radius 3 is 1.84 bits per heavy atom. The van der Waals surface area contributed by atoms with Gasteiger partial charge >= 0.3 is 0 Å². The normalized spacial score (nSPS) is 12.1. The lowest BCUT2D eigenvalue weighted by Gasteiger charge is -2.16. The van der Waals surface area contributed by atoms with Crippen molar-refractivity contribution in [2.24, 2.45) is 0 Å². The van der Waals surface area contributed by atoms with Crippen molar-refractivity contribution >= 4 is 43.6 Å². The van der Waals surface area contributed by atoms with E-state index in [4.69, 9.17) is 10.2 Å². The van der Waals surface area contributed by atoms with Crippen molar-refractivity contribution in [3.8, 4) is 44.8 Å². The molecule has 0 saturated heterocycles. The lowest BCUT2D eigenvalue weighted by atomic mass is 9.90. The van der Waals surface area contributed by atoms with E-state index < -0.39 is 0 Å². The molecule has 44 heavy (non-hydrogen) atoms. The van der Waals surface area contributed by atoms with Gasteiger partial charge in [-0.05, 0) is 81.2 Å². The fourth-order valence-electron chi connectivity index (χ4n) is 7.26. The SMILES string of the molecule is c1ccc(-c2cc3c4c5c(cccc25)-c2ccccc2-c2cccc(c24)n3-c2ccc3nn(-c4ccccc4)nc3c2)cc1. The van der Waals surface area contributed by atoms with Gasteiger partial charge in [-0.25, -0.2) is 0 Å². The minimum atomic E-state index is 0.861. The van der Waals surface area contributed by atoms with Crippen LogP contribution in [0.2, 0.25) is 0 Å². The van der Waals surface area contributed by atoms with E-state index in [2.05, 4.69) is 120 Å². The molecule has 204 valence electrons. The van der Waals surface area contributed by atoms with Crippen LogP contribution in [-0.2, 0) is 0 Å². The Hall–Kier alpha value is -6.00. The van der Waals surface area contributed by atoms with Crippen molar-refractivity contribution in [1.29, 1.82) is 0 Å². The lowest BCUT2D eigenvalue weighted by molar-refractivity contribution is 0.766. The Kier molecular flexibility index (Phi) is 4.69.